The normalized spacial score (nSPS) is 11.0. The van der Waals surface area contributed by atoms with Crippen LogP contribution in [0.1, 0.15) is 37.3 Å². The second-order valence-electron chi connectivity index (χ2n) is 5.78. The third kappa shape index (κ3) is 5.17. The Kier molecular flexibility index (Phi) is 6.90. The van der Waals surface area contributed by atoms with Gasteiger partial charge in [0, 0.05) is 13.0 Å². The van der Waals surface area contributed by atoms with E-state index in [-0.39, 0.29) is 18.0 Å². The number of hydrogen-bond donors (Lipinski definition) is 3. The number of aromatic amines is 1. The van der Waals surface area contributed by atoms with E-state index in [1.807, 2.05) is 37.3 Å². The zero-order valence-corrected chi connectivity index (χ0v) is 14.6. The van der Waals surface area contributed by atoms with Crippen molar-refractivity contribution in [3.63, 3.8) is 0 Å². The van der Waals surface area contributed by atoms with E-state index in [0.29, 0.717) is 12.8 Å². The van der Waals surface area contributed by atoms with Gasteiger partial charge in [0.1, 0.15) is 5.56 Å². The van der Waals surface area contributed by atoms with E-state index in [9.17, 15) is 19.5 Å². The topological polar surface area (TPSA) is 117 Å². The molecular weight excluding hydrogens is 336 g/mol. The fraction of sp³-hybridized carbons (Fsp3) is 0.333. The molecule has 0 radical (unpaired) electrons. The van der Waals surface area contributed by atoms with Crippen LogP contribution in [-0.4, -0.2) is 26.8 Å². The van der Waals surface area contributed by atoms with Crippen LogP contribution in [0.25, 0.3) is 0 Å². The van der Waals surface area contributed by atoms with Crippen LogP contribution in [0.3, 0.4) is 0 Å². The molecular formula is C18H22N4O4. The monoisotopic (exact) mass is 358 g/mol. The van der Waals surface area contributed by atoms with Gasteiger partial charge in [-0.15, -0.1) is 0 Å². The predicted molar refractivity (Wildman–Crippen MR) is 98.4 cm³/mol. The summed E-state index contributed by atoms with van der Waals surface area (Å²) in [5, 5.41) is 14.0. The van der Waals surface area contributed by atoms with Gasteiger partial charge in [0.2, 0.25) is 11.8 Å². The van der Waals surface area contributed by atoms with Gasteiger partial charge in [-0.3, -0.25) is 19.1 Å². The Labute approximate surface area is 150 Å². The molecule has 0 saturated carbocycles. The number of nitrogens with one attached hydrogen (secondary N) is 2. The molecule has 26 heavy (non-hydrogen) atoms. The lowest BCUT2D eigenvalue weighted by Gasteiger charge is -2.09. The number of hydrogen-bond acceptors (Lipinski definition) is 5. The molecule has 0 atom stereocenters. The second kappa shape index (κ2) is 9.36. The maximum Gasteiger partial charge on any atom is 0.331 e. The Morgan fingerprint density at radius 2 is 2.04 bits per heavy atom. The lowest BCUT2D eigenvalue weighted by Crippen LogP contribution is -2.33. The first-order chi connectivity index (χ1) is 12.5. The fourth-order valence-electron chi connectivity index (χ4n) is 2.35. The molecule has 1 heterocycles. The molecule has 0 unspecified atom stereocenters. The molecule has 1 amide bonds. The second-order valence-corrected chi connectivity index (χ2v) is 5.78. The van der Waals surface area contributed by atoms with Crippen molar-refractivity contribution >= 4 is 12.1 Å². The van der Waals surface area contributed by atoms with Gasteiger partial charge < -0.3 is 5.11 Å². The number of aromatic nitrogens is 2. The number of carbonyl (C=O) groups excluding carboxylic acids is 1. The van der Waals surface area contributed by atoms with Gasteiger partial charge in [0.05, 0.1) is 6.21 Å². The number of hydrazone groups is 1. The lowest BCUT2D eigenvalue weighted by atomic mass is 10.1. The summed E-state index contributed by atoms with van der Waals surface area (Å²) in [5.41, 5.74) is 1.62. The van der Waals surface area contributed by atoms with Crippen molar-refractivity contribution in [3.8, 4) is 5.88 Å². The minimum Gasteiger partial charge on any atom is -0.494 e. The van der Waals surface area contributed by atoms with Crippen molar-refractivity contribution in [1.82, 2.24) is 15.0 Å². The highest BCUT2D eigenvalue weighted by molar-refractivity contribution is 5.83. The first-order valence-electron chi connectivity index (χ1n) is 8.44. The van der Waals surface area contributed by atoms with Crippen molar-refractivity contribution in [1.29, 1.82) is 0 Å². The van der Waals surface area contributed by atoms with Crippen molar-refractivity contribution in [2.45, 2.75) is 39.2 Å². The van der Waals surface area contributed by atoms with Crippen molar-refractivity contribution in [3.05, 3.63) is 62.3 Å². The van der Waals surface area contributed by atoms with Crippen LogP contribution in [0.2, 0.25) is 0 Å². The van der Waals surface area contributed by atoms with E-state index in [0.717, 1.165) is 29.2 Å². The molecule has 0 aliphatic carbocycles. The lowest BCUT2D eigenvalue weighted by molar-refractivity contribution is -0.121. The van der Waals surface area contributed by atoms with E-state index in [2.05, 4.69) is 15.5 Å². The molecule has 0 aliphatic rings. The summed E-state index contributed by atoms with van der Waals surface area (Å²) in [6.07, 6.45) is 3.48. The van der Waals surface area contributed by atoms with Gasteiger partial charge >= 0.3 is 5.69 Å². The molecule has 0 spiro atoms. The average Bonchev–Trinajstić information content (AvgIpc) is 2.63. The van der Waals surface area contributed by atoms with Gasteiger partial charge in [-0.05, 0) is 18.4 Å². The van der Waals surface area contributed by atoms with E-state index >= 15 is 0 Å². The van der Waals surface area contributed by atoms with Crippen LogP contribution in [0.4, 0.5) is 0 Å². The molecule has 2 rings (SSSR count). The number of aromatic hydroxyl groups is 1. The molecule has 0 fully saturated rings. The zero-order chi connectivity index (χ0) is 18.9. The highest BCUT2D eigenvalue weighted by atomic mass is 16.3. The summed E-state index contributed by atoms with van der Waals surface area (Å²) in [7, 11) is 0. The van der Waals surface area contributed by atoms with Gasteiger partial charge in [0.15, 0.2) is 0 Å². The molecule has 0 saturated heterocycles. The number of amides is 1. The summed E-state index contributed by atoms with van der Waals surface area (Å²) < 4.78 is 1.06. The van der Waals surface area contributed by atoms with Crippen LogP contribution in [0.5, 0.6) is 5.88 Å². The molecule has 8 heteroatoms. The number of carbonyl (C=O) groups is 1. The standard InChI is InChI=1S/C18H22N4O4/c1-2-3-9-15(23)21-19-12-14-16(24)20-18(26)22(17(14)25)11-10-13-7-5-4-6-8-13/h4-8,12,25H,2-3,9-11H2,1H3,(H,21,23)(H,20,24,26)/b19-12-. The number of rotatable bonds is 8. The van der Waals surface area contributed by atoms with Crippen LogP contribution in [-0.2, 0) is 17.8 Å². The number of unbranched alkanes of at least 4 members (excludes halogenated alkanes) is 1. The van der Waals surface area contributed by atoms with Gasteiger partial charge in [-0.1, -0.05) is 43.7 Å². The Morgan fingerprint density at radius 1 is 1.31 bits per heavy atom. The summed E-state index contributed by atoms with van der Waals surface area (Å²) in [6.45, 7) is 2.15. The molecule has 138 valence electrons. The van der Waals surface area contributed by atoms with E-state index in [1.165, 1.54) is 0 Å². The maximum atomic E-state index is 12.0. The molecule has 1 aromatic carbocycles. The third-order valence-corrected chi connectivity index (χ3v) is 3.81. The maximum absolute atomic E-state index is 12.0. The molecule has 0 bridgehead atoms. The number of H-pyrrole nitrogens is 1. The fourth-order valence-corrected chi connectivity index (χ4v) is 2.35. The third-order valence-electron chi connectivity index (χ3n) is 3.81. The molecule has 0 aliphatic heterocycles. The Bertz CT molecular complexity index is 884. The Hall–Kier alpha value is -3.16. The number of nitrogens with zero attached hydrogens (tertiary/aromatic N) is 2. The van der Waals surface area contributed by atoms with Gasteiger partial charge in [0.25, 0.3) is 5.56 Å². The van der Waals surface area contributed by atoms with Crippen LogP contribution in [0.15, 0.2) is 45.0 Å². The predicted octanol–water partition coefficient (Wildman–Crippen LogP) is 1.13. The first kappa shape index (κ1) is 19.2. The Morgan fingerprint density at radius 3 is 2.73 bits per heavy atom. The van der Waals surface area contributed by atoms with Crippen molar-refractivity contribution in [2.75, 3.05) is 0 Å². The SMILES string of the molecule is CCCCC(=O)N/N=C\c1c(O)n(CCc2ccccc2)c(=O)[nH]c1=O. The molecule has 3 N–H and O–H groups in total. The van der Waals surface area contributed by atoms with Crippen LogP contribution in [0, 0.1) is 0 Å². The molecule has 8 nitrogen and oxygen atoms in total. The Balaban J connectivity index is 2.16. The average molecular weight is 358 g/mol. The summed E-state index contributed by atoms with van der Waals surface area (Å²) in [6, 6.07) is 9.45. The van der Waals surface area contributed by atoms with E-state index in [1.54, 1.807) is 0 Å². The van der Waals surface area contributed by atoms with Gasteiger partial charge in [-0.25, -0.2) is 10.2 Å². The van der Waals surface area contributed by atoms with Gasteiger partial charge in [-0.2, -0.15) is 5.10 Å². The molecule has 2 aromatic rings. The summed E-state index contributed by atoms with van der Waals surface area (Å²) in [5.74, 6) is -0.766. The quantitative estimate of drug-likeness (QED) is 0.484. The highest BCUT2D eigenvalue weighted by Crippen LogP contribution is 2.09. The zero-order valence-electron chi connectivity index (χ0n) is 14.6. The first-order valence-corrected chi connectivity index (χ1v) is 8.44. The number of aryl methyl sites for hydroxylation is 1. The highest BCUT2D eigenvalue weighted by Gasteiger charge is 2.12. The molecule has 1 aromatic heterocycles. The minimum absolute atomic E-state index is 0.187. The van der Waals surface area contributed by atoms with Crippen LogP contribution < -0.4 is 16.7 Å². The van der Waals surface area contributed by atoms with Crippen LogP contribution >= 0.6 is 0 Å². The number of benzene rings is 1. The van der Waals surface area contributed by atoms with E-state index in [4.69, 9.17) is 0 Å². The summed E-state index contributed by atoms with van der Waals surface area (Å²) >= 11 is 0. The van der Waals surface area contributed by atoms with Crippen molar-refractivity contribution < 1.29 is 9.90 Å². The van der Waals surface area contributed by atoms with E-state index < -0.39 is 17.1 Å². The van der Waals surface area contributed by atoms with Crippen molar-refractivity contribution in [2.24, 2.45) is 5.10 Å². The minimum atomic E-state index is -0.769. The summed E-state index contributed by atoms with van der Waals surface area (Å²) in [4.78, 5) is 37.5. The smallest absolute Gasteiger partial charge is 0.331 e. The largest absolute Gasteiger partial charge is 0.494 e.